The lowest BCUT2D eigenvalue weighted by atomic mass is 10.1. The van der Waals surface area contributed by atoms with Crippen LogP contribution in [0.3, 0.4) is 0 Å². The molecule has 0 saturated carbocycles. The zero-order valence-electron chi connectivity index (χ0n) is 9.57. The minimum absolute atomic E-state index is 0.207. The van der Waals surface area contributed by atoms with Crippen LogP contribution in [-0.2, 0) is 9.53 Å². The number of aryl methyl sites for hydroxylation is 2. The molecule has 0 saturated heterocycles. The molecular formula is C11H15N3O2. The summed E-state index contributed by atoms with van der Waals surface area (Å²) in [6.07, 6.45) is 0. The number of rotatable bonds is 2. The second-order valence-corrected chi connectivity index (χ2v) is 3.48. The van der Waals surface area contributed by atoms with Gasteiger partial charge in [0.1, 0.15) is 0 Å². The molecule has 0 aliphatic carbocycles. The SMILES string of the molecule is COC(=O)/C(N)=N/Nc1cc(C)cc(C)c1. The Morgan fingerprint density at radius 2 is 1.88 bits per heavy atom. The predicted molar refractivity (Wildman–Crippen MR) is 63.2 cm³/mol. The van der Waals surface area contributed by atoms with Crippen LogP contribution >= 0.6 is 0 Å². The number of benzene rings is 1. The van der Waals surface area contributed by atoms with Gasteiger partial charge in [-0.25, -0.2) is 4.79 Å². The van der Waals surface area contributed by atoms with E-state index in [1.54, 1.807) is 0 Å². The number of methoxy groups -OCH3 is 1. The number of amidine groups is 1. The van der Waals surface area contributed by atoms with Crippen LogP contribution in [0.1, 0.15) is 11.1 Å². The maximum Gasteiger partial charge on any atom is 0.375 e. The summed E-state index contributed by atoms with van der Waals surface area (Å²) < 4.78 is 4.41. The average Bonchev–Trinajstić information content (AvgIpc) is 2.23. The highest BCUT2D eigenvalue weighted by atomic mass is 16.5. The lowest BCUT2D eigenvalue weighted by Crippen LogP contribution is -2.26. The highest BCUT2D eigenvalue weighted by Crippen LogP contribution is 2.13. The highest BCUT2D eigenvalue weighted by Gasteiger charge is 2.05. The van der Waals surface area contributed by atoms with Crippen molar-refractivity contribution in [1.82, 2.24) is 0 Å². The van der Waals surface area contributed by atoms with Crippen LogP contribution in [-0.4, -0.2) is 18.9 Å². The Morgan fingerprint density at radius 3 is 2.38 bits per heavy atom. The molecule has 5 heteroatoms. The van der Waals surface area contributed by atoms with E-state index in [-0.39, 0.29) is 5.84 Å². The molecule has 0 spiro atoms. The van der Waals surface area contributed by atoms with Crippen LogP contribution in [0.25, 0.3) is 0 Å². The van der Waals surface area contributed by atoms with E-state index in [4.69, 9.17) is 5.73 Å². The maximum atomic E-state index is 10.9. The van der Waals surface area contributed by atoms with E-state index in [0.29, 0.717) is 0 Å². The van der Waals surface area contributed by atoms with Crippen molar-refractivity contribution in [3.8, 4) is 0 Å². The Bertz CT molecular complexity index is 407. The molecule has 0 amide bonds. The molecule has 0 aliphatic heterocycles. The Hall–Kier alpha value is -2.04. The van der Waals surface area contributed by atoms with Gasteiger partial charge in [0.2, 0.25) is 5.84 Å². The van der Waals surface area contributed by atoms with Crippen molar-refractivity contribution in [3.05, 3.63) is 29.3 Å². The zero-order valence-corrected chi connectivity index (χ0v) is 9.57. The van der Waals surface area contributed by atoms with Gasteiger partial charge in [0.25, 0.3) is 0 Å². The van der Waals surface area contributed by atoms with Gasteiger partial charge in [0.05, 0.1) is 12.8 Å². The summed E-state index contributed by atoms with van der Waals surface area (Å²) in [5.41, 5.74) is 11.1. The molecule has 0 bridgehead atoms. The molecule has 16 heavy (non-hydrogen) atoms. The van der Waals surface area contributed by atoms with Crippen molar-refractivity contribution in [3.63, 3.8) is 0 Å². The topological polar surface area (TPSA) is 76.7 Å². The van der Waals surface area contributed by atoms with E-state index in [0.717, 1.165) is 16.8 Å². The van der Waals surface area contributed by atoms with Gasteiger partial charge >= 0.3 is 5.97 Å². The first-order valence-corrected chi connectivity index (χ1v) is 4.78. The van der Waals surface area contributed by atoms with Crippen molar-refractivity contribution < 1.29 is 9.53 Å². The fourth-order valence-electron chi connectivity index (χ4n) is 1.31. The van der Waals surface area contributed by atoms with Gasteiger partial charge in [0, 0.05) is 0 Å². The van der Waals surface area contributed by atoms with Crippen LogP contribution in [0.2, 0.25) is 0 Å². The first-order chi connectivity index (χ1) is 7.52. The monoisotopic (exact) mass is 221 g/mol. The van der Waals surface area contributed by atoms with E-state index in [9.17, 15) is 4.79 Å². The largest absolute Gasteiger partial charge is 0.463 e. The Kier molecular flexibility index (Phi) is 3.88. The molecule has 1 aromatic carbocycles. The molecule has 5 nitrogen and oxygen atoms in total. The van der Waals surface area contributed by atoms with Crippen molar-refractivity contribution in [2.45, 2.75) is 13.8 Å². The van der Waals surface area contributed by atoms with E-state index in [1.807, 2.05) is 32.0 Å². The molecular weight excluding hydrogens is 206 g/mol. The summed E-state index contributed by atoms with van der Waals surface area (Å²) in [5, 5.41) is 3.72. The molecule has 0 aliphatic rings. The first kappa shape index (κ1) is 12.0. The highest BCUT2D eigenvalue weighted by molar-refractivity contribution is 6.34. The van der Waals surface area contributed by atoms with Crippen molar-refractivity contribution in [1.29, 1.82) is 0 Å². The summed E-state index contributed by atoms with van der Waals surface area (Å²) in [7, 11) is 1.25. The number of nitrogens with two attached hydrogens (primary N) is 1. The van der Waals surface area contributed by atoms with Crippen molar-refractivity contribution in [2.75, 3.05) is 12.5 Å². The second kappa shape index (κ2) is 5.16. The fraction of sp³-hybridized carbons (Fsp3) is 0.273. The summed E-state index contributed by atoms with van der Waals surface area (Å²) >= 11 is 0. The lowest BCUT2D eigenvalue weighted by Gasteiger charge is -2.04. The number of nitrogens with zero attached hydrogens (tertiary/aromatic N) is 1. The normalized spacial score (nSPS) is 11.1. The molecule has 1 rings (SSSR count). The summed E-state index contributed by atoms with van der Waals surface area (Å²) in [4.78, 5) is 10.9. The van der Waals surface area contributed by atoms with Gasteiger partial charge in [-0.3, -0.25) is 5.43 Å². The standard InChI is InChI=1S/C11H15N3O2/c1-7-4-8(2)6-9(5-7)13-14-10(12)11(15)16-3/h4-6,13H,1-3H3,(H2,12,14). The number of hydrazone groups is 1. The Labute approximate surface area is 94.3 Å². The number of hydrogen-bond donors (Lipinski definition) is 2. The van der Waals surface area contributed by atoms with E-state index >= 15 is 0 Å². The quantitative estimate of drug-likeness (QED) is 0.340. The minimum atomic E-state index is -0.656. The van der Waals surface area contributed by atoms with Crippen LogP contribution in [0.15, 0.2) is 23.3 Å². The lowest BCUT2D eigenvalue weighted by molar-refractivity contribution is -0.132. The molecule has 0 unspecified atom stereocenters. The number of carbonyl (C=O) groups excluding carboxylic acids is 1. The van der Waals surface area contributed by atoms with Crippen LogP contribution in [0, 0.1) is 13.8 Å². The predicted octanol–water partition coefficient (Wildman–Crippen LogP) is 1.16. The number of nitrogens with one attached hydrogen (secondary N) is 1. The Balaban J connectivity index is 2.78. The van der Waals surface area contributed by atoms with E-state index in [2.05, 4.69) is 15.3 Å². The fourth-order valence-corrected chi connectivity index (χ4v) is 1.31. The van der Waals surface area contributed by atoms with Gasteiger partial charge in [-0.05, 0) is 37.1 Å². The molecule has 1 aromatic rings. The molecule has 0 radical (unpaired) electrons. The van der Waals surface area contributed by atoms with Gasteiger partial charge in [0.15, 0.2) is 0 Å². The molecule has 0 atom stereocenters. The smallest absolute Gasteiger partial charge is 0.375 e. The van der Waals surface area contributed by atoms with Gasteiger partial charge in [-0.1, -0.05) is 6.07 Å². The summed E-state index contributed by atoms with van der Waals surface area (Å²) in [5.74, 6) is -0.862. The minimum Gasteiger partial charge on any atom is -0.463 e. The molecule has 0 aromatic heterocycles. The average molecular weight is 221 g/mol. The van der Waals surface area contributed by atoms with E-state index < -0.39 is 5.97 Å². The third kappa shape index (κ3) is 3.27. The Morgan fingerprint density at radius 1 is 1.31 bits per heavy atom. The summed E-state index contributed by atoms with van der Waals surface area (Å²) in [6, 6.07) is 5.85. The third-order valence-electron chi connectivity index (χ3n) is 1.92. The van der Waals surface area contributed by atoms with Crippen LogP contribution in [0.5, 0.6) is 0 Å². The van der Waals surface area contributed by atoms with Gasteiger partial charge in [-0.15, -0.1) is 5.10 Å². The first-order valence-electron chi connectivity index (χ1n) is 4.78. The van der Waals surface area contributed by atoms with E-state index in [1.165, 1.54) is 7.11 Å². The van der Waals surface area contributed by atoms with Crippen molar-refractivity contribution >= 4 is 17.5 Å². The number of anilines is 1. The zero-order chi connectivity index (χ0) is 12.1. The molecule has 0 heterocycles. The third-order valence-corrected chi connectivity index (χ3v) is 1.92. The van der Waals surface area contributed by atoms with Crippen molar-refractivity contribution in [2.24, 2.45) is 10.8 Å². The number of esters is 1. The number of carbonyl (C=O) groups is 1. The van der Waals surface area contributed by atoms with Gasteiger partial charge in [-0.2, -0.15) is 0 Å². The number of ether oxygens (including phenoxy) is 1. The van der Waals surface area contributed by atoms with Gasteiger partial charge < -0.3 is 10.5 Å². The summed E-state index contributed by atoms with van der Waals surface area (Å²) in [6.45, 7) is 3.96. The van der Waals surface area contributed by atoms with Crippen LogP contribution in [0.4, 0.5) is 5.69 Å². The molecule has 3 N–H and O–H groups in total. The maximum absolute atomic E-state index is 10.9. The van der Waals surface area contributed by atoms with Crippen LogP contribution < -0.4 is 11.2 Å². The number of hydrogen-bond acceptors (Lipinski definition) is 4. The second-order valence-electron chi connectivity index (χ2n) is 3.48. The molecule has 0 fully saturated rings. The molecule has 86 valence electrons.